The summed E-state index contributed by atoms with van der Waals surface area (Å²) in [5, 5.41) is 0. The second kappa shape index (κ2) is 6.15. The first-order valence-corrected chi connectivity index (χ1v) is 7.78. The lowest BCUT2D eigenvalue weighted by Gasteiger charge is -2.49. The third-order valence-electron chi connectivity index (χ3n) is 4.62. The van der Waals surface area contributed by atoms with E-state index in [1.807, 2.05) is 30.3 Å². The summed E-state index contributed by atoms with van der Waals surface area (Å²) in [6.07, 6.45) is 3.03. The van der Waals surface area contributed by atoms with Gasteiger partial charge in [0.15, 0.2) is 0 Å². The molecule has 1 aromatic carbocycles. The van der Waals surface area contributed by atoms with Gasteiger partial charge in [-0.2, -0.15) is 0 Å². The molecule has 0 bridgehead atoms. The molecule has 2 fully saturated rings. The number of ether oxygens (including phenoxy) is 3. The first-order chi connectivity index (χ1) is 9.83. The summed E-state index contributed by atoms with van der Waals surface area (Å²) in [6, 6.07) is 10.1. The highest BCUT2D eigenvalue weighted by molar-refractivity contribution is 5.22. The molecule has 0 spiro atoms. The van der Waals surface area contributed by atoms with Gasteiger partial charge in [0.2, 0.25) is 0 Å². The van der Waals surface area contributed by atoms with E-state index < -0.39 is 0 Å². The molecular weight excluding hydrogens is 252 g/mol. The van der Waals surface area contributed by atoms with Crippen molar-refractivity contribution in [1.82, 2.24) is 0 Å². The van der Waals surface area contributed by atoms with Crippen molar-refractivity contribution >= 4 is 0 Å². The Balaban J connectivity index is 1.73. The summed E-state index contributed by atoms with van der Waals surface area (Å²) in [5.41, 5.74) is 0. The van der Waals surface area contributed by atoms with Crippen molar-refractivity contribution < 1.29 is 14.2 Å². The van der Waals surface area contributed by atoms with E-state index in [0.29, 0.717) is 24.0 Å². The molecule has 4 unspecified atom stereocenters. The molecule has 0 saturated carbocycles. The standard InChI is InChI=1S/C17H24O3/c1-3-15-13(10-18-15)17(14-11-19-16(14)4-2)20-12-8-6-5-7-9-12/h5-9,13-17H,3-4,10-11H2,1-2H3. The van der Waals surface area contributed by atoms with Gasteiger partial charge in [-0.3, -0.25) is 0 Å². The molecule has 3 heteroatoms. The zero-order valence-corrected chi connectivity index (χ0v) is 12.3. The maximum atomic E-state index is 6.33. The molecule has 0 amide bonds. The van der Waals surface area contributed by atoms with Crippen LogP contribution >= 0.6 is 0 Å². The molecule has 110 valence electrons. The molecule has 4 atom stereocenters. The smallest absolute Gasteiger partial charge is 0.119 e. The van der Waals surface area contributed by atoms with Gasteiger partial charge in [-0.05, 0) is 25.0 Å². The van der Waals surface area contributed by atoms with Crippen LogP contribution in [-0.4, -0.2) is 31.5 Å². The van der Waals surface area contributed by atoms with Gasteiger partial charge in [-0.15, -0.1) is 0 Å². The number of rotatable bonds is 6. The van der Waals surface area contributed by atoms with Crippen LogP contribution in [0.5, 0.6) is 5.75 Å². The number of hydrogen-bond acceptors (Lipinski definition) is 3. The maximum Gasteiger partial charge on any atom is 0.119 e. The van der Waals surface area contributed by atoms with Crippen LogP contribution in [0.15, 0.2) is 30.3 Å². The Morgan fingerprint density at radius 3 is 1.95 bits per heavy atom. The highest BCUT2D eigenvalue weighted by Crippen LogP contribution is 2.38. The Morgan fingerprint density at radius 2 is 1.55 bits per heavy atom. The quantitative estimate of drug-likeness (QED) is 0.798. The zero-order valence-electron chi connectivity index (χ0n) is 12.3. The lowest BCUT2D eigenvalue weighted by Crippen LogP contribution is -2.58. The van der Waals surface area contributed by atoms with Crippen molar-refractivity contribution in [2.24, 2.45) is 11.8 Å². The minimum atomic E-state index is 0.217. The zero-order chi connectivity index (χ0) is 13.9. The Morgan fingerprint density at radius 1 is 1.00 bits per heavy atom. The van der Waals surface area contributed by atoms with Crippen molar-refractivity contribution in [3.63, 3.8) is 0 Å². The van der Waals surface area contributed by atoms with Crippen LogP contribution in [0.1, 0.15) is 26.7 Å². The van der Waals surface area contributed by atoms with E-state index in [1.54, 1.807) is 0 Å². The van der Waals surface area contributed by atoms with E-state index in [4.69, 9.17) is 14.2 Å². The molecule has 0 N–H and O–H groups in total. The van der Waals surface area contributed by atoms with E-state index in [-0.39, 0.29) is 6.10 Å². The van der Waals surface area contributed by atoms with Gasteiger partial charge in [0.25, 0.3) is 0 Å². The third kappa shape index (κ3) is 2.57. The van der Waals surface area contributed by atoms with Crippen LogP contribution in [0, 0.1) is 11.8 Å². The monoisotopic (exact) mass is 276 g/mol. The van der Waals surface area contributed by atoms with Crippen LogP contribution in [0.2, 0.25) is 0 Å². The predicted molar refractivity (Wildman–Crippen MR) is 77.9 cm³/mol. The minimum absolute atomic E-state index is 0.217. The summed E-state index contributed by atoms with van der Waals surface area (Å²) in [5.74, 6) is 1.97. The van der Waals surface area contributed by atoms with Gasteiger partial charge >= 0.3 is 0 Å². The Kier molecular flexibility index (Phi) is 4.27. The number of hydrogen-bond donors (Lipinski definition) is 0. The molecule has 2 saturated heterocycles. The Hall–Kier alpha value is -1.06. The van der Waals surface area contributed by atoms with Crippen molar-refractivity contribution in [3.05, 3.63) is 30.3 Å². The molecule has 0 aliphatic carbocycles. The van der Waals surface area contributed by atoms with E-state index in [9.17, 15) is 0 Å². The van der Waals surface area contributed by atoms with E-state index in [1.165, 1.54) is 0 Å². The van der Waals surface area contributed by atoms with E-state index in [2.05, 4.69) is 13.8 Å². The topological polar surface area (TPSA) is 27.7 Å². The molecule has 2 aliphatic heterocycles. The average Bonchev–Trinajstić information content (AvgIpc) is 2.38. The predicted octanol–water partition coefficient (Wildman–Crippen LogP) is 3.28. The first kappa shape index (κ1) is 13.9. The minimum Gasteiger partial charge on any atom is -0.489 e. The summed E-state index contributed by atoms with van der Waals surface area (Å²) < 4.78 is 17.7. The van der Waals surface area contributed by atoms with Crippen molar-refractivity contribution in [3.8, 4) is 5.75 Å². The van der Waals surface area contributed by atoms with Gasteiger partial charge in [0.05, 0.1) is 25.4 Å². The van der Waals surface area contributed by atoms with Gasteiger partial charge in [0.1, 0.15) is 11.9 Å². The van der Waals surface area contributed by atoms with E-state index >= 15 is 0 Å². The largest absolute Gasteiger partial charge is 0.489 e. The van der Waals surface area contributed by atoms with Gasteiger partial charge < -0.3 is 14.2 Å². The highest BCUT2D eigenvalue weighted by Gasteiger charge is 2.48. The SMILES string of the molecule is CCC1OCC1C(Oc1ccccc1)C1COC1CC. The molecule has 20 heavy (non-hydrogen) atoms. The fourth-order valence-electron chi connectivity index (χ4n) is 3.29. The fourth-order valence-corrected chi connectivity index (χ4v) is 3.29. The van der Waals surface area contributed by atoms with Crippen LogP contribution in [-0.2, 0) is 9.47 Å². The van der Waals surface area contributed by atoms with Gasteiger partial charge in [-0.1, -0.05) is 32.0 Å². The lowest BCUT2D eigenvalue weighted by atomic mass is 9.78. The van der Waals surface area contributed by atoms with Crippen molar-refractivity contribution in [2.45, 2.75) is 45.0 Å². The normalized spacial score (nSPS) is 33.9. The second-order valence-corrected chi connectivity index (χ2v) is 5.78. The van der Waals surface area contributed by atoms with Gasteiger partial charge in [0, 0.05) is 11.8 Å². The summed E-state index contributed by atoms with van der Waals surface area (Å²) in [4.78, 5) is 0. The molecule has 1 aromatic rings. The van der Waals surface area contributed by atoms with Crippen LogP contribution < -0.4 is 4.74 Å². The molecule has 0 aromatic heterocycles. The molecule has 3 nitrogen and oxygen atoms in total. The molecule has 2 heterocycles. The van der Waals surface area contributed by atoms with E-state index in [0.717, 1.165) is 31.8 Å². The third-order valence-corrected chi connectivity index (χ3v) is 4.62. The molecular formula is C17H24O3. The summed E-state index contributed by atoms with van der Waals surface area (Å²) >= 11 is 0. The van der Waals surface area contributed by atoms with Gasteiger partial charge in [-0.25, -0.2) is 0 Å². The molecule has 0 radical (unpaired) electrons. The fraction of sp³-hybridized carbons (Fsp3) is 0.647. The first-order valence-electron chi connectivity index (χ1n) is 7.78. The van der Waals surface area contributed by atoms with Crippen LogP contribution in [0.3, 0.4) is 0 Å². The average molecular weight is 276 g/mol. The number of benzene rings is 1. The van der Waals surface area contributed by atoms with Crippen molar-refractivity contribution in [1.29, 1.82) is 0 Å². The summed E-state index contributed by atoms with van der Waals surface area (Å²) in [7, 11) is 0. The van der Waals surface area contributed by atoms with Crippen LogP contribution in [0.25, 0.3) is 0 Å². The maximum absolute atomic E-state index is 6.33. The second-order valence-electron chi connectivity index (χ2n) is 5.78. The highest BCUT2D eigenvalue weighted by atomic mass is 16.5. The molecule has 3 rings (SSSR count). The lowest BCUT2D eigenvalue weighted by molar-refractivity contribution is -0.215. The summed E-state index contributed by atoms with van der Waals surface area (Å²) in [6.45, 7) is 6.02. The van der Waals surface area contributed by atoms with Crippen LogP contribution in [0.4, 0.5) is 0 Å². The van der Waals surface area contributed by atoms with Crippen molar-refractivity contribution in [2.75, 3.05) is 13.2 Å². The number of para-hydroxylation sites is 1. The Labute approximate surface area is 121 Å². The Bertz CT molecular complexity index is 396. The molecule has 2 aliphatic rings.